The maximum absolute atomic E-state index is 12.2. The maximum Gasteiger partial charge on any atom is 0.260 e. The number of aromatic hydroxyl groups is 2. The fraction of sp³-hybridized carbons (Fsp3) is 0.167. The van der Waals surface area contributed by atoms with E-state index >= 15 is 0 Å². The van der Waals surface area contributed by atoms with Crippen LogP contribution in [-0.2, 0) is 4.79 Å². The van der Waals surface area contributed by atoms with E-state index in [4.69, 9.17) is 4.74 Å². The van der Waals surface area contributed by atoms with Crippen LogP contribution in [0.25, 0.3) is 6.08 Å². The first kappa shape index (κ1) is 17.0. The molecular formula is C18H18N2O4S. The number of rotatable bonds is 4. The van der Waals surface area contributed by atoms with Crippen molar-refractivity contribution < 1.29 is 19.7 Å². The SMILES string of the molecule is COc1ccc(C)cc1NC1NC(=O)/C(=C/c2ccc(O)cc2O)S1. The van der Waals surface area contributed by atoms with Crippen LogP contribution in [0, 0.1) is 6.92 Å². The van der Waals surface area contributed by atoms with Crippen molar-refractivity contribution in [3.05, 3.63) is 52.4 Å². The third kappa shape index (κ3) is 3.83. The zero-order valence-corrected chi connectivity index (χ0v) is 14.6. The number of hydrogen-bond donors (Lipinski definition) is 4. The Morgan fingerprint density at radius 2 is 2.04 bits per heavy atom. The summed E-state index contributed by atoms with van der Waals surface area (Å²) in [6.07, 6.45) is 1.59. The lowest BCUT2D eigenvalue weighted by molar-refractivity contribution is -0.116. The maximum atomic E-state index is 12.2. The summed E-state index contributed by atoms with van der Waals surface area (Å²) < 4.78 is 5.33. The largest absolute Gasteiger partial charge is 0.508 e. The fourth-order valence-corrected chi connectivity index (χ4v) is 3.40. The van der Waals surface area contributed by atoms with Gasteiger partial charge in [0.15, 0.2) is 5.50 Å². The van der Waals surface area contributed by atoms with Gasteiger partial charge in [0.2, 0.25) is 0 Å². The number of carbonyl (C=O) groups excluding carboxylic acids is 1. The number of carbonyl (C=O) groups is 1. The van der Waals surface area contributed by atoms with E-state index in [9.17, 15) is 15.0 Å². The number of anilines is 1. The first-order valence-electron chi connectivity index (χ1n) is 7.58. The van der Waals surface area contributed by atoms with Gasteiger partial charge in [-0.3, -0.25) is 4.79 Å². The van der Waals surface area contributed by atoms with Crippen molar-refractivity contribution in [3.8, 4) is 17.2 Å². The molecule has 1 aliphatic heterocycles. The average molecular weight is 358 g/mol. The molecule has 1 heterocycles. The highest BCUT2D eigenvalue weighted by Crippen LogP contribution is 2.35. The summed E-state index contributed by atoms with van der Waals surface area (Å²) in [7, 11) is 1.59. The van der Waals surface area contributed by atoms with E-state index < -0.39 is 0 Å². The Balaban J connectivity index is 1.79. The van der Waals surface area contributed by atoms with Crippen LogP contribution in [0.2, 0.25) is 0 Å². The van der Waals surface area contributed by atoms with E-state index in [1.807, 2.05) is 25.1 Å². The highest BCUT2D eigenvalue weighted by Gasteiger charge is 2.28. The minimum absolute atomic E-state index is 0.0331. The molecule has 1 fully saturated rings. The molecule has 7 heteroatoms. The van der Waals surface area contributed by atoms with Crippen molar-refractivity contribution in [1.29, 1.82) is 0 Å². The molecular weight excluding hydrogens is 340 g/mol. The Hall–Kier alpha value is -2.80. The van der Waals surface area contributed by atoms with Crippen molar-refractivity contribution in [1.82, 2.24) is 5.32 Å². The summed E-state index contributed by atoms with van der Waals surface area (Å²) in [6.45, 7) is 1.98. The van der Waals surface area contributed by atoms with Crippen LogP contribution in [0.15, 0.2) is 41.3 Å². The summed E-state index contributed by atoms with van der Waals surface area (Å²) in [5.41, 5.74) is 1.97. The zero-order chi connectivity index (χ0) is 18.0. The number of hydrogen-bond acceptors (Lipinski definition) is 6. The summed E-state index contributed by atoms with van der Waals surface area (Å²) >= 11 is 1.31. The lowest BCUT2D eigenvalue weighted by Crippen LogP contribution is -2.31. The van der Waals surface area contributed by atoms with E-state index in [2.05, 4.69) is 10.6 Å². The molecule has 2 aromatic rings. The van der Waals surface area contributed by atoms with Crippen LogP contribution in [0.3, 0.4) is 0 Å². The number of methoxy groups -OCH3 is 1. The molecule has 2 aromatic carbocycles. The van der Waals surface area contributed by atoms with E-state index in [1.165, 1.54) is 23.9 Å². The minimum Gasteiger partial charge on any atom is -0.508 e. The lowest BCUT2D eigenvalue weighted by Gasteiger charge is -2.16. The van der Waals surface area contributed by atoms with Crippen LogP contribution in [0.5, 0.6) is 17.2 Å². The molecule has 0 aromatic heterocycles. The van der Waals surface area contributed by atoms with Crippen LogP contribution >= 0.6 is 11.8 Å². The summed E-state index contributed by atoms with van der Waals surface area (Å²) in [6, 6.07) is 10.00. The molecule has 3 rings (SSSR count). The molecule has 0 saturated carbocycles. The molecule has 1 aliphatic rings. The molecule has 0 bridgehead atoms. The number of nitrogens with one attached hydrogen (secondary N) is 2. The first-order chi connectivity index (χ1) is 12.0. The van der Waals surface area contributed by atoms with Gasteiger partial charge in [-0.15, -0.1) is 0 Å². The highest BCUT2D eigenvalue weighted by atomic mass is 32.2. The van der Waals surface area contributed by atoms with Crippen LogP contribution in [0.1, 0.15) is 11.1 Å². The number of thioether (sulfide) groups is 1. The minimum atomic E-state index is -0.353. The third-order valence-electron chi connectivity index (χ3n) is 3.67. The molecule has 130 valence electrons. The van der Waals surface area contributed by atoms with Crippen molar-refractivity contribution in [3.63, 3.8) is 0 Å². The molecule has 0 aliphatic carbocycles. The topological polar surface area (TPSA) is 90.8 Å². The van der Waals surface area contributed by atoms with Gasteiger partial charge in [0.1, 0.15) is 17.2 Å². The van der Waals surface area contributed by atoms with Crippen molar-refractivity contribution in [2.75, 3.05) is 12.4 Å². The number of benzene rings is 2. The number of amides is 1. The van der Waals surface area contributed by atoms with Gasteiger partial charge in [0, 0.05) is 11.6 Å². The number of phenolic OH excluding ortho intramolecular Hbond substituents is 2. The summed E-state index contributed by atoms with van der Waals surface area (Å²) in [4.78, 5) is 12.6. The van der Waals surface area contributed by atoms with Crippen molar-refractivity contribution in [2.45, 2.75) is 12.4 Å². The Bertz CT molecular complexity index is 851. The van der Waals surface area contributed by atoms with E-state index in [1.54, 1.807) is 19.3 Å². The predicted octanol–water partition coefficient (Wildman–Crippen LogP) is 3.01. The second-order valence-corrected chi connectivity index (χ2v) is 6.72. The second kappa shape index (κ2) is 6.98. The van der Waals surface area contributed by atoms with Gasteiger partial charge < -0.3 is 25.6 Å². The van der Waals surface area contributed by atoms with Gasteiger partial charge in [0.25, 0.3) is 5.91 Å². The zero-order valence-electron chi connectivity index (χ0n) is 13.7. The van der Waals surface area contributed by atoms with Gasteiger partial charge in [-0.25, -0.2) is 0 Å². The van der Waals surface area contributed by atoms with Crippen LogP contribution in [0.4, 0.5) is 5.69 Å². The van der Waals surface area contributed by atoms with E-state index in [-0.39, 0.29) is 22.9 Å². The molecule has 1 amide bonds. The molecule has 4 N–H and O–H groups in total. The summed E-state index contributed by atoms with van der Waals surface area (Å²) in [5, 5.41) is 25.3. The van der Waals surface area contributed by atoms with Crippen molar-refractivity contribution >= 4 is 29.4 Å². The molecule has 6 nitrogen and oxygen atoms in total. The molecule has 1 unspecified atom stereocenters. The van der Waals surface area contributed by atoms with Crippen LogP contribution < -0.4 is 15.4 Å². The Labute approximate surface area is 149 Å². The van der Waals surface area contributed by atoms with E-state index in [0.29, 0.717) is 16.2 Å². The van der Waals surface area contributed by atoms with Gasteiger partial charge in [-0.05, 0) is 42.8 Å². The molecule has 0 spiro atoms. The Kier molecular flexibility index (Phi) is 4.76. The normalized spacial score (nSPS) is 18.2. The lowest BCUT2D eigenvalue weighted by atomic mass is 10.2. The monoisotopic (exact) mass is 358 g/mol. The van der Waals surface area contributed by atoms with Crippen LogP contribution in [-0.4, -0.2) is 28.7 Å². The number of phenols is 2. The summed E-state index contributed by atoms with van der Waals surface area (Å²) in [5.74, 6) is 0.336. The molecule has 1 atom stereocenters. The smallest absolute Gasteiger partial charge is 0.260 e. The average Bonchev–Trinajstić information content (AvgIpc) is 2.90. The fourth-order valence-electron chi connectivity index (χ4n) is 2.44. The molecule has 1 saturated heterocycles. The quantitative estimate of drug-likeness (QED) is 0.628. The Morgan fingerprint density at radius 3 is 2.76 bits per heavy atom. The Morgan fingerprint density at radius 1 is 1.24 bits per heavy atom. The number of ether oxygens (including phenoxy) is 1. The van der Waals surface area contributed by atoms with Gasteiger partial charge >= 0.3 is 0 Å². The number of aryl methyl sites for hydroxylation is 1. The molecule has 25 heavy (non-hydrogen) atoms. The highest BCUT2D eigenvalue weighted by molar-refractivity contribution is 8.05. The standard InChI is InChI=1S/C18H18N2O4S/c1-10-3-6-15(24-2)13(7-10)19-18-20-17(23)16(25-18)8-11-4-5-12(21)9-14(11)22/h3-9,18-19,21-22H,1-2H3,(H,20,23)/b16-8-. The predicted molar refractivity (Wildman–Crippen MR) is 98.6 cm³/mol. The van der Waals surface area contributed by atoms with Gasteiger partial charge in [-0.1, -0.05) is 17.8 Å². The second-order valence-electron chi connectivity index (χ2n) is 5.57. The van der Waals surface area contributed by atoms with Crippen molar-refractivity contribution in [2.24, 2.45) is 0 Å². The van der Waals surface area contributed by atoms with Gasteiger partial charge in [-0.2, -0.15) is 0 Å². The van der Waals surface area contributed by atoms with Gasteiger partial charge in [0.05, 0.1) is 17.7 Å². The molecule has 0 radical (unpaired) electrons. The first-order valence-corrected chi connectivity index (χ1v) is 8.46. The third-order valence-corrected chi connectivity index (χ3v) is 4.70. The van der Waals surface area contributed by atoms with E-state index in [0.717, 1.165) is 11.3 Å².